The zero-order chi connectivity index (χ0) is 13.1. The smallest absolute Gasteiger partial charge is 0.356 e. The Morgan fingerprint density at radius 1 is 1.22 bits per heavy atom. The number of rotatable bonds is 3. The zero-order valence-corrected chi connectivity index (χ0v) is 10.2. The molecule has 0 aliphatic rings. The number of nitrogens with zero attached hydrogens (tertiary/aromatic N) is 3. The van der Waals surface area contributed by atoms with Crippen LogP contribution < -0.4 is 4.90 Å². The van der Waals surface area contributed by atoms with E-state index in [1.807, 2.05) is 43.1 Å². The van der Waals surface area contributed by atoms with E-state index in [0.29, 0.717) is 5.82 Å². The van der Waals surface area contributed by atoms with Gasteiger partial charge in [-0.15, -0.1) is 0 Å². The fourth-order valence-electron chi connectivity index (χ4n) is 1.67. The molecule has 0 saturated carbocycles. The number of carboxylic acid groups (broad SMARTS) is 1. The first-order chi connectivity index (χ1) is 8.59. The number of carboxylic acids is 1. The van der Waals surface area contributed by atoms with Crippen LogP contribution in [-0.2, 0) is 0 Å². The lowest BCUT2D eigenvalue weighted by molar-refractivity contribution is 0.0690. The summed E-state index contributed by atoms with van der Waals surface area (Å²) in [6, 6.07) is 7.89. The summed E-state index contributed by atoms with van der Waals surface area (Å²) < 4.78 is 0. The van der Waals surface area contributed by atoms with E-state index >= 15 is 0 Å². The predicted molar refractivity (Wildman–Crippen MR) is 68.2 cm³/mol. The van der Waals surface area contributed by atoms with Crippen molar-refractivity contribution in [2.45, 2.75) is 6.92 Å². The SMILES string of the molecule is Cc1ccccc1N(C)c1cnc(C(=O)O)cn1. The van der Waals surface area contributed by atoms with Crippen LogP contribution in [-0.4, -0.2) is 28.1 Å². The summed E-state index contributed by atoms with van der Waals surface area (Å²) in [5, 5.41) is 8.76. The molecule has 0 bridgehead atoms. The molecule has 5 nitrogen and oxygen atoms in total. The molecule has 18 heavy (non-hydrogen) atoms. The van der Waals surface area contributed by atoms with Gasteiger partial charge in [-0.05, 0) is 18.6 Å². The highest BCUT2D eigenvalue weighted by atomic mass is 16.4. The number of aromatic nitrogens is 2. The molecule has 0 aliphatic carbocycles. The maximum Gasteiger partial charge on any atom is 0.356 e. The van der Waals surface area contributed by atoms with E-state index in [-0.39, 0.29) is 5.69 Å². The van der Waals surface area contributed by atoms with Gasteiger partial charge in [-0.2, -0.15) is 0 Å². The molecule has 1 N–H and O–H groups in total. The maximum atomic E-state index is 10.7. The minimum atomic E-state index is -1.08. The van der Waals surface area contributed by atoms with Gasteiger partial charge >= 0.3 is 5.97 Å². The second-order valence-electron chi connectivity index (χ2n) is 3.91. The third-order valence-electron chi connectivity index (χ3n) is 2.68. The molecule has 1 aromatic heterocycles. The number of para-hydroxylation sites is 1. The van der Waals surface area contributed by atoms with Gasteiger partial charge in [0.15, 0.2) is 11.5 Å². The summed E-state index contributed by atoms with van der Waals surface area (Å²) in [5.74, 6) is -0.470. The molecular weight excluding hydrogens is 230 g/mol. The quantitative estimate of drug-likeness (QED) is 0.895. The summed E-state index contributed by atoms with van der Waals surface area (Å²) in [6.45, 7) is 2.00. The number of hydrogen-bond acceptors (Lipinski definition) is 4. The number of anilines is 2. The van der Waals surface area contributed by atoms with Crippen LogP contribution in [0.3, 0.4) is 0 Å². The second kappa shape index (κ2) is 4.83. The lowest BCUT2D eigenvalue weighted by atomic mass is 10.2. The molecule has 1 aromatic carbocycles. The fourth-order valence-corrected chi connectivity index (χ4v) is 1.67. The topological polar surface area (TPSA) is 66.3 Å². The first-order valence-electron chi connectivity index (χ1n) is 5.44. The Bertz CT molecular complexity index is 567. The van der Waals surface area contributed by atoms with Crippen LogP contribution in [0.2, 0.25) is 0 Å². The standard InChI is InChI=1S/C13H13N3O2/c1-9-5-3-4-6-11(9)16(2)12-8-14-10(7-15-12)13(17)18/h3-8H,1-2H3,(H,17,18). The van der Waals surface area contributed by atoms with Gasteiger partial charge in [0.05, 0.1) is 12.4 Å². The van der Waals surface area contributed by atoms with Crippen molar-refractivity contribution in [3.63, 3.8) is 0 Å². The van der Waals surface area contributed by atoms with Crippen LogP contribution in [0.15, 0.2) is 36.7 Å². The molecule has 0 spiro atoms. The van der Waals surface area contributed by atoms with Crippen LogP contribution >= 0.6 is 0 Å². The molecule has 0 amide bonds. The van der Waals surface area contributed by atoms with Gasteiger partial charge in [-0.25, -0.2) is 14.8 Å². The monoisotopic (exact) mass is 243 g/mol. The number of aryl methyl sites for hydroxylation is 1. The van der Waals surface area contributed by atoms with Gasteiger partial charge in [-0.3, -0.25) is 0 Å². The molecule has 0 unspecified atom stereocenters. The van der Waals surface area contributed by atoms with Gasteiger partial charge in [0.1, 0.15) is 0 Å². The summed E-state index contributed by atoms with van der Waals surface area (Å²) in [7, 11) is 1.87. The van der Waals surface area contributed by atoms with E-state index in [1.165, 1.54) is 12.4 Å². The lowest BCUT2D eigenvalue weighted by Gasteiger charge is -2.19. The minimum Gasteiger partial charge on any atom is -0.476 e. The van der Waals surface area contributed by atoms with Crippen molar-refractivity contribution in [3.05, 3.63) is 47.9 Å². The van der Waals surface area contributed by atoms with E-state index < -0.39 is 5.97 Å². The molecule has 5 heteroatoms. The second-order valence-corrected chi connectivity index (χ2v) is 3.91. The van der Waals surface area contributed by atoms with Crippen LogP contribution in [0.1, 0.15) is 16.1 Å². The van der Waals surface area contributed by atoms with Gasteiger partial charge in [0.25, 0.3) is 0 Å². The zero-order valence-electron chi connectivity index (χ0n) is 10.2. The molecule has 0 atom stereocenters. The molecule has 0 aliphatic heterocycles. The van der Waals surface area contributed by atoms with E-state index in [4.69, 9.17) is 5.11 Å². The maximum absolute atomic E-state index is 10.7. The van der Waals surface area contributed by atoms with Crippen molar-refractivity contribution in [3.8, 4) is 0 Å². The average molecular weight is 243 g/mol. The third-order valence-corrected chi connectivity index (χ3v) is 2.68. The number of carbonyl (C=O) groups is 1. The number of aromatic carboxylic acids is 1. The summed E-state index contributed by atoms with van der Waals surface area (Å²) in [6.07, 6.45) is 2.71. The molecule has 2 aromatic rings. The Labute approximate surface area is 105 Å². The normalized spacial score (nSPS) is 10.1. The highest BCUT2D eigenvalue weighted by Gasteiger charge is 2.10. The van der Waals surface area contributed by atoms with Gasteiger partial charge < -0.3 is 10.0 Å². The lowest BCUT2D eigenvalue weighted by Crippen LogP contribution is -2.13. The first-order valence-corrected chi connectivity index (χ1v) is 5.44. The van der Waals surface area contributed by atoms with Gasteiger partial charge in [0, 0.05) is 12.7 Å². The van der Waals surface area contributed by atoms with E-state index in [1.54, 1.807) is 0 Å². The van der Waals surface area contributed by atoms with Crippen molar-refractivity contribution in [2.75, 3.05) is 11.9 Å². The third kappa shape index (κ3) is 2.29. The fraction of sp³-hybridized carbons (Fsp3) is 0.154. The summed E-state index contributed by atoms with van der Waals surface area (Å²) in [4.78, 5) is 20.5. The van der Waals surface area contributed by atoms with Crippen molar-refractivity contribution in [2.24, 2.45) is 0 Å². The number of hydrogen-bond donors (Lipinski definition) is 1. The highest BCUT2D eigenvalue weighted by molar-refractivity contribution is 5.85. The molecule has 1 heterocycles. The summed E-state index contributed by atoms with van der Waals surface area (Å²) >= 11 is 0. The van der Waals surface area contributed by atoms with Crippen LogP contribution in [0.4, 0.5) is 11.5 Å². The average Bonchev–Trinajstić information content (AvgIpc) is 2.38. The Balaban J connectivity index is 2.32. The molecule has 2 rings (SSSR count). The predicted octanol–water partition coefficient (Wildman–Crippen LogP) is 2.25. The Hall–Kier alpha value is -2.43. The van der Waals surface area contributed by atoms with Crippen molar-refractivity contribution in [1.82, 2.24) is 9.97 Å². The van der Waals surface area contributed by atoms with Crippen LogP contribution in [0.5, 0.6) is 0 Å². The molecule has 0 fully saturated rings. The first kappa shape index (κ1) is 12.0. The van der Waals surface area contributed by atoms with E-state index in [0.717, 1.165) is 11.3 Å². The Morgan fingerprint density at radius 2 is 1.94 bits per heavy atom. The van der Waals surface area contributed by atoms with Crippen molar-refractivity contribution >= 4 is 17.5 Å². The Morgan fingerprint density at radius 3 is 2.50 bits per heavy atom. The highest BCUT2D eigenvalue weighted by Crippen LogP contribution is 2.24. The Kier molecular flexibility index (Phi) is 3.23. The van der Waals surface area contributed by atoms with Crippen LogP contribution in [0, 0.1) is 6.92 Å². The summed E-state index contributed by atoms with van der Waals surface area (Å²) in [5.41, 5.74) is 2.07. The van der Waals surface area contributed by atoms with Gasteiger partial charge in [0.2, 0.25) is 0 Å². The largest absolute Gasteiger partial charge is 0.476 e. The van der Waals surface area contributed by atoms with Crippen LogP contribution in [0.25, 0.3) is 0 Å². The van der Waals surface area contributed by atoms with E-state index in [9.17, 15) is 4.79 Å². The van der Waals surface area contributed by atoms with Crippen molar-refractivity contribution in [1.29, 1.82) is 0 Å². The minimum absolute atomic E-state index is 0.0584. The van der Waals surface area contributed by atoms with Crippen molar-refractivity contribution < 1.29 is 9.90 Å². The number of benzene rings is 1. The van der Waals surface area contributed by atoms with Gasteiger partial charge in [-0.1, -0.05) is 18.2 Å². The molecule has 92 valence electrons. The molecule has 0 radical (unpaired) electrons. The molecule has 0 saturated heterocycles. The van der Waals surface area contributed by atoms with E-state index in [2.05, 4.69) is 9.97 Å². The molecular formula is C13H13N3O2.